The lowest BCUT2D eigenvalue weighted by atomic mass is 9.83. The van der Waals surface area contributed by atoms with Crippen LogP contribution in [-0.4, -0.2) is 67.0 Å². The maximum Gasteiger partial charge on any atom is 0.573 e. The van der Waals surface area contributed by atoms with E-state index in [0.717, 1.165) is 4.80 Å². The highest BCUT2D eigenvalue weighted by Crippen LogP contribution is 2.44. The lowest BCUT2D eigenvalue weighted by Crippen LogP contribution is -2.50. The van der Waals surface area contributed by atoms with E-state index in [1.165, 1.54) is 12.1 Å². The molecule has 1 aromatic carbocycles. The molecule has 5 rings (SSSR count). The summed E-state index contributed by atoms with van der Waals surface area (Å²) in [6, 6.07) is 6.11. The number of tetrazole rings is 1. The third kappa shape index (κ3) is 5.13. The van der Waals surface area contributed by atoms with Gasteiger partial charge in [0.05, 0.1) is 0 Å². The molecule has 3 aromatic rings. The first kappa shape index (κ1) is 24.3. The van der Waals surface area contributed by atoms with Crippen LogP contribution in [0.4, 0.5) is 19.0 Å². The van der Waals surface area contributed by atoms with Crippen molar-refractivity contribution < 1.29 is 42.5 Å². The number of benzene rings is 1. The molecule has 1 saturated heterocycles. The standard InChI is InChI=1S/C20H19F3N6O5.H2O/c21-20(22,23)33-14-3-1-2-13-12(14)4-5-19(32-13)6-8-28(9-7-19)16-10-15(34-26-16)18-24-27-29(25-18)11-17(30)31;/h1-3,10H,4-9,11H2,(H,30,31);1H2. The number of carboxylic acid groups (broad SMARTS) is 1. The van der Waals surface area contributed by atoms with Gasteiger partial charge in [0.1, 0.15) is 17.1 Å². The Kier molecular flexibility index (Phi) is 6.27. The maximum atomic E-state index is 12.7. The predicted octanol–water partition coefficient (Wildman–Crippen LogP) is 1.85. The van der Waals surface area contributed by atoms with Crippen molar-refractivity contribution in [1.82, 2.24) is 25.4 Å². The van der Waals surface area contributed by atoms with E-state index in [1.807, 2.05) is 4.90 Å². The van der Waals surface area contributed by atoms with Crippen LogP contribution < -0.4 is 14.4 Å². The topological polar surface area (TPSA) is 160 Å². The number of carbonyl (C=O) groups is 1. The predicted molar refractivity (Wildman–Crippen MR) is 111 cm³/mol. The molecule has 15 heteroatoms. The number of rotatable bonds is 5. The molecule has 0 bridgehead atoms. The van der Waals surface area contributed by atoms with Crippen molar-refractivity contribution in [3.05, 3.63) is 29.8 Å². The zero-order chi connectivity index (χ0) is 23.9. The van der Waals surface area contributed by atoms with Gasteiger partial charge in [0.15, 0.2) is 12.4 Å². The van der Waals surface area contributed by atoms with E-state index in [-0.39, 0.29) is 22.8 Å². The second-order valence-corrected chi connectivity index (χ2v) is 8.14. The van der Waals surface area contributed by atoms with Crippen LogP contribution in [0.25, 0.3) is 11.6 Å². The summed E-state index contributed by atoms with van der Waals surface area (Å²) in [6.45, 7) is 0.771. The normalized spacial score (nSPS) is 16.8. The van der Waals surface area contributed by atoms with Crippen molar-refractivity contribution in [2.75, 3.05) is 18.0 Å². The second kappa shape index (κ2) is 9.05. The average Bonchev–Trinajstić information content (AvgIpc) is 3.43. The summed E-state index contributed by atoms with van der Waals surface area (Å²) in [4.78, 5) is 13.7. The van der Waals surface area contributed by atoms with E-state index in [1.54, 1.807) is 12.1 Å². The Morgan fingerprint density at radius 3 is 2.71 bits per heavy atom. The summed E-state index contributed by atoms with van der Waals surface area (Å²) >= 11 is 0. The van der Waals surface area contributed by atoms with Crippen LogP contribution in [0.5, 0.6) is 11.5 Å². The van der Waals surface area contributed by atoms with Gasteiger partial charge in [-0.3, -0.25) is 4.79 Å². The summed E-state index contributed by atoms with van der Waals surface area (Å²) in [5, 5.41) is 24.3. The molecule has 0 saturated carbocycles. The maximum absolute atomic E-state index is 12.7. The van der Waals surface area contributed by atoms with Gasteiger partial charge < -0.3 is 29.5 Å². The Balaban J connectivity index is 0.00000289. The average molecular weight is 498 g/mol. The number of aromatic nitrogens is 5. The number of hydrogen-bond acceptors (Lipinski definition) is 9. The van der Waals surface area contributed by atoms with E-state index in [0.29, 0.717) is 55.9 Å². The molecule has 4 heterocycles. The molecular formula is C20H21F3N6O6. The third-order valence-electron chi connectivity index (χ3n) is 5.92. The van der Waals surface area contributed by atoms with Crippen LogP contribution in [0.2, 0.25) is 0 Å². The molecule has 2 aromatic heterocycles. The van der Waals surface area contributed by atoms with E-state index in [9.17, 15) is 18.0 Å². The summed E-state index contributed by atoms with van der Waals surface area (Å²) in [7, 11) is 0. The molecular weight excluding hydrogens is 477 g/mol. The first-order chi connectivity index (χ1) is 16.2. The summed E-state index contributed by atoms with van der Waals surface area (Å²) in [5.74, 6) is 0.0455. The molecule has 35 heavy (non-hydrogen) atoms. The molecule has 3 N–H and O–H groups in total. The number of alkyl halides is 3. The third-order valence-corrected chi connectivity index (χ3v) is 5.92. The van der Waals surface area contributed by atoms with E-state index in [2.05, 4.69) is 25.3 Å². The Morgan fingerprint density at radius 1 is 1.23 bits per heavy atom. The van der Waals surface area contributed by atoms with Gasteiger partial charge in [-0.05, 0) is 30.2 Å². The molecule has 0 atom stereocenters. The SMILES string of the molecule is O.O=C(O)Cn1nnc(-c2cc(N3CCC4(CCc5c(OC(F)(F)F)cccc5O4)CC3)no2)n1. The molecule has 1 spiro atoms. The van der Waals surface area contributed by atoms with Crippen LogP contribution in [0.15, 0.2) is 28.8 Å². The summed E-state index contributed by atoms with van der Waals surface area (Å²) < 4.78 is 53.8. The minimum Gasteiger partial charge on any atom is -0.487 e. The van der Waals surface area contributed by atoms with Gasteiger partial charge in [-0.1, -0.05) is 11.2 Å². The molecule has 0 unspecified atom stereocenters. The van der Waals surface area contributed by atoms with Crippen LogP contribution in [0, 0.1) is 0 Å². The largest absolute Gasteiger partial charge is 0.573 e. The fraction of sp³-hybridized carbons (Fsp3) is 0.450. The Morgan fingerprint density at radius 2 is 2.00 bits per heavy atom. The van der Waals surface area contributed by atoms with Crippen LogP contribution in [0.3, 0.4) is 0 Å². The smallest absolute Gasteiger partial charge is 0.487 e. The Labute approximate surface area is 195 Å². The van der Waals surface area contributed by atoms with E-state index in [4.69, 9.17) is 14.4 Å². The molecule has 1 fully saturated rings. The summed E-state index contributed by atoms with van der Waals surface area (Å²) in [5.41, 5.74) is -0.0500. The number of aliphatic carboxylic acids is 1. The lowest BCUT2D eigenvalue weighted by Gasteiger charge is -2.44. The molecule has 188 valence electrons. The highest BCUT2D eigenvalue weighted by atomic mass is 19.4. The number of ether oxygens (including phenoxy) is 2. The van der Waals surface area contributed by atoms with Gasteiger partial charge in [0.25, 0.3) is 0 Å². The number of anilines is 1. The minimum absolute atomic E-state index is 0. The number of hydrogen-bond donors (Lipinski definition) is 1. The zero-order valence-corrected chi connectivity index (χ0v) is 18.2. The number of carboxylic acids is 1. The summed E-state index contributed by atoms with van der Waals surface area (Å²) in [6.07, 6.45) is -2.47. The molecule has 12 nitrogen and oxygen atoms in total. The van der Waals surface area contributed by atoms with Crippen molar-refractivity contribution in [1.29, 1.82) is 0 Å². The van der Waals surface area contributed by atoms with Gasteiger partial charge in [0.2, 0.25) is 11.6 Å². The quantitative estimate of drug-likeness (QED) is 0.550. The Bertz CT molecular complexity index is 1200. The second-order valence-electron chi connectivity index (χ2n) is 8.14. The van der Waals surface area contributed by atoms with Gasteiger partial charge in [-0.2, -0.15) is 4.80 Å². The van der Waals surface area contributed by atoms with Gasteiger partial charge in [-0.25, -0.2) is 0 Å². The van der Waals surface area contributed by atoms with Crippen molar-refractivity contribution >= 4 is 11.8 Å². The van der Waals surface area contributed by atoms with E-state index >= 15 is 0 Å². The number of fused-ring (bicyclic) bond motifs is 1. The zero-order valence-electron chi connectivity index (χ0n) is 18.2. The molecule has 0 amide bonds. The van der Waals surface area contributed by atoms with Crippen molar-refractivity contribution in [2.24, 2.45) is 0 Å². The van der Waals surface area contributed by atoms with Crippen molar-refractivity contribution in [2.45, 2.75) is 44.2 Å². The van der Waals surface area contributed by atoms with Gasteiger partial charge in [0, 0.05) is 37.6 Å². The van der Waals surface area contributed by atoms with Gasteiger partial charge >= 0.3 is 12.3 Å². The van der Waals surface area contributed by atoms with Crippen LogP contribution >= 0.6 is 0 Å². The van der Waals surface area contributed by atoms with E-state index < -0.39 is 24.5 Å². The Hall–Kier alpha value is -3.88. The molecule has 2 aliphatic rings. The van der Waals surface area contributed by atoms with Crippen molar-refractivity contribution in [3.63, 3.8) is 0 Å². The first-order valence-electron chi connectivity index (χ1n) is 10.5. The molecule has 0 radical (unpaired) electrons. The van der Waals surface area contributed by atoms with Gasteiger partial charge in [-0.15, -0.1) is 23.4 Å². The minimum atomic E-state index is -4.76. The monoisotopic (exact) mass is 498 g/mol. The highest BCUT2D eigenvalue weighted by Gasteiger charge is 2.42. The van der Waals surface area contributed by atoms with Crippen LogP contribution in [-0.2, 0) is 17.8 Å². The number of nitrogens with zero attached hydrogens (tertiary/aromatic N) is 6. The fourth-order valence-electron chi connectivity index (χ4n) is 4.29. The van der Waals surface area contributed by atoms with Crippen LogP contribution in [0.1, 0.15) is 24.8 Å². The van der Waals surface area contributed by atoms with Crippen molar-refractivity contribution in [3.8, 4) is 23.1 Å². The highest BCUT2D eigenvalue weighted by molar-refractivity contribution is 5.66. The lowest BCUT2D eigenvalue weighted by molar-refractivity contribution is -0.275. The first-order valence-corrected chi connectivity index (χ1v) is 10.5. The molecule has 0 aliphatic carbocycles. The number of piperidine rings is 1. The number of halogens is 3. The fourth-order valence-corrected chi connectivity index (χ4v) is 4.29. The molecule has 2 aliphatic heterocycles.